The molecule has 0 amide bonds. The number of hydrogen-bond acceptors (Lipinski definition) is 5. The van der Waals surface area contributed by atoms with E-state index in [4.69, 9.17) is 0 Å². The maximum absolute atomic E-state index is 9.66. The summed E-state index contributed by atoms with van der Waals surface area (Å²) in [6.07, 6.45) is 5.65. The molecule has 1 aliphatic carbocycles. The SMILES string of the molecule is OC1CCCC1CCCNCc1csnn1. The van der Waals surface area contributed by atoms with E-state index in [0.717, 1.165) is 38.0 Å². The second-order valence-electron chi connectivity index (χ2n) is 4.47. The lowest BCUT2D eigenvalue weighted by atomic mass is 10.00. The fourth-order valence-electron chi connectivity index (χ4n) is 2.32. The molecule has 2 atom stereocenters. The first-order valence-corrected chi connectivity index (χ1v) is 6.84. The summed E-state index contributed by atoms with van der Waals surface area (Å²) < 4.78 is 3.81. The molecule has 1 aromatic rings. The van der Waals surface area contributed by atoms with E-state index in [1.165, 1.54) is 24.4 Å². The van der Waals surface area contributed by atoms with E-state index in [2.05, 4.69) is 14.9 Å². The Labute approximate surface area is 100 Å². The smallest absolute Gasteiger partial charge is 0.0893 e. The molecule has 1 fully saturated rings. The first-order valence-electron chi connectivity index (χ1n) is 6.01. The summed E-state index contributed by atoms with van der Waals surface area (Å²) in [6.45, 7) is 1.81. The van der Waals surface area contributed by atoms with Gasteiger partial charge in [0.25, 0.3) is 0 Å². The third kappa shape index (κ3) is 3.50. The van der Waals surface area contributed by atoms with Crippen molar-refractivity contribution in [3.8, 4) is 0 Å². The van der Waals surface area contributed by atoms with Crippen LogP contribution in [-0.4, -0.2) is 27.3 Å². The van der Waals surface area contributed by atoms with Gasteiger partial charge < -0.3 is 10.4 Å². The number of nitrogens with zero attached hydrogens (tertiary/aromatic N) is 2. The average Bonchev–Trinajstić information content (AvgIpc) is 2.90. The molecule has 0 aromatic carbocycles. The van der Waals surface area contributed by atoms with Gasteiger partial charge in [0.15, 0.2) is 0 Å². The number of aliphatic hydroxyl groups excluding tert-OH is 1. The van der Waals surface area contributed by atoms with Crippen LogP contribution in [-0.2, 0) is 6.54 Å². The third-order valence-corrected chi connectivity index (χ3v) is 3.81. The molecule has 1 saturated carbocycles. The van der Waals surface area contributed by atoms with Gasteiger partial charge in [-0.05, 0) is 49.7 Å². The van der Waals surface area contributed by atoms with Crippen molar-refractivity contribution in [2.45, 2.75) is 44.8 Å². The van der Waals surface area contributed by atoms with Crippen molar-refractivity contribution in [1.82, 2.24) is 14.9 Å². The zero-order valence-electron chi connectivity index (χ0n) is 9.43. The van der Waals surface area contributed by atoms with E-state index in [0.29, 0.717) is 5.92 Å². The van der Waals surface area contributed by atoms with Crippen molar-refractivity contribution in [1.29, 1.82) is 0 Å². The molecule has 1 aliphatic rings. The van der Waals surface area contributed by atoms with Gasteiger partial charge in [-0.15, -0.1) is 5.10 Å². The van der Waals surface area contributed by atoms with Crippen LogP contribution >= 0.6 is 11.5 Å². The van der Waals surface area contributed by atoms with Gasteiger partial charge in [0.1, 0.15) is 0 Å². The lowest BCUT2D eigenvalue weighted by Crippen LogP contribution is -2.18. The number of aromatic nitrogens is 2. The number of nitrogens with one attached hydrogen (secondary N) is 1. The molecular weight excluding hydrogens is 222 g/mol. The van der Waals surface area contributed by atoms with Crippen LogP contribution in [0.25, 0.3) is 0 Å². The van der Waals surface area contributed by atoms with Crippen molar-refractivity contribution < 1.29 is 5.11 Å². The van der Waals surface area contributed by atoms with E-state index >= 15 is 0 Å². The van der Waals surface area contributed by atoms with Gasteiger partial charge >= 0.3 is 0 Å². The van der Waals surface area contributed by atoms with Crippen LogP contribution in [0.1, 0.15) is 37.8 Å². The van der Waals surface area contributed by atoms with Crippen LogP contribution in [0.3, 0.4) is 0 Å². The summed E-state index contributed by atoms with van der Waals surface area (Å²) in [4.78, 5) is 0. The standard InChI is InChI=1S/C11H19N3OS/c15-11-5-1-3-9(11)4-2-6-12-7-10-8-16-14-13-10/h8-9,11-12,15H,1-7H2. The highest BCUT2D eigenvalue weighted by Crippen LogP contribution is 2.28. The monoisotopic (exact) mass is 241 g/mol. The first kappa shape index (κ1) is 12.0. The Hall–Kier alpha value is -0.520. The van der Waals surface area contributed by atoms with Crippen molar-refractivity contribution in [2.24, 2.45) is 5.92 Å². The van der Waals surface area contributed by atoms with Crippen LogP contribution in [0.2, 0.25) is 0 Å². The zero-order valence-corrected chi connectivity index (χ0v) is 10.2. The van der Waals surface area contributed by atoms with Gasteiger partial charge in [0.2, 0.25) is 0 Å². The molecule has 0 saturated heterocycles. The van der Waals surface area contributed by atoms with Gasteiger partial charge in [-0.1, -0.05) is 10.9 Å². The van der Waals surface area contributed by atoms with Crippen molar-refractivity contribution in [2.75, 3.05) is 6.54 Å². The molecule has 0 radical (unpaired) electrons. The summed E-state index contributed by atoms with van der Waals surface area (Å²) >= 11 is 1.39. The Bertz CT molecular complexity index is 291. The highest BCUT2D eigenvalue weighted by atomic mass is 32.1. The van der Waals surface area contributed by atoms with Crippen LogP contribution in [0, 0.1) is 5.92 Å². The molecule has 0 spiro atoms. The second kappa shape index (κ2) is 6.27. The largest absolute Gasteiger partial charge is 0.393 e. The topological polar surface area (TPSA) is 58.0 Å². The summed E-state index contributed by atoms with van der Waals surface area (Å²) in [7, 11) is 0. The van der Waals surface area contributed by atoms with E-state index in [9.17, 15) is 5.11 Å². The molecule has 4 nitrogen and oxygen atoms in total. The minimum absolute atomic E-state index is 0.0391. The predicted molar refractivity (Wildman–Crippen MR) is 64.2 cm³/mol. The fraction of sp³-hybridized carbons (Fsp3) is 0.818. The summed E-state index contributed by atoms with van der Waals surface area (Å²) in [5.74, 6) is 0.544. The van der Waals surface area contributed by atoms with Gasteiger partial charge in [-0.3, -0.25) is 0 Å². The minimum atomic E-state index is -0.0391. The molecular formula is C11H19N3OS. The molecule has 0 bridgehead atoms. The molecule has 5 heteroatoms. The highest BCUT2D eigenvalue weighted by molar-refractivity contribution is 7.03. The van der Waals surface area contributed by atoms with E-state index < -0.39 is 0 Å². The van der Waals surface area contributed by atoms with E-state index in [1.807, 2.05) is 5.38 Å². The molecule has 1 aromatic heterocycles. The van der Waals surface area contributed by atoms with Crippen LogP contribution < -0.4 is 5.32 Å². The Kier molecular flexibility index (Phi) is 4.69. The van der Waals surface area contributed by atoms with Crippen molar-refractivity contribution in [3.63, 3.8) is 0 Å². The Morgan fingerprint density at radius 1 is 1.50 bits per heavy atom. The van der Waals surface area contributed by atoms with Gasteiger partial charge in [-0.2, -0.15) is 0 Å². The van der Waals surface area contributed by atoms with Crippen LogP contribution in [0.5, 0.6) is 0 Å². The molecule has 90 valence electrons. The number of hydrogen-bond donors (Lipinski definition) is 2. The molecule has 0 aliphatic heterocycles. The molecule has 2 unspecified atom stereocenters. The normalized spacial score (nSPS) is 25.1. The summed E-state index contributed by atoms with van der Waals surface area (Å²) in [5.41, 5.74) is 1.02. The molecule has 1 heterocycles. The minimum Gasteiger partial charge on any atom is -0.393 e. The summed E-state index contributed by atoms with van der Waals surface area (Å²) in [6, 6.07) is 0. The average molecular weight is 241 g/mol. The Balaban J connectivity index is 1.52. The third-order valence-electron chi connectivity index (χ3n) is 3.26. The van der Waals surface area contributed by atoms with Gasteiger partial charge in [-0.25, -0.2) is 0 Å². The number of aliphatic hydroxyl groups is 1. The lowest BCUT2D eigenvalue weighted by molar-refractivity contribution is 0.127. The molecule has 2 N–H and O–H groups in total. The predicted octanol–water partition coefficient (Wildman–Crippen LogP) is 1.57. The Morgan fingerprint density at radius 2 is 2.44 bits per heavy atom. The molecule has 16 heavy (non-hydrogen) atoms. The quantitative estimate of drug-likeness (QED) is 0.742. The van der Waals surface area contributed by atoms with Crippen molar-refractivity contribution in [3.05, 3.63) is 11.1 Å². The zero-order chi connectivity index (χ0) is 11.2. The van der Waals surface area contributed by atoms with Crippen LogP contribution in [0.15, 0.2) is 5.38 Å². The van der Waals surface area contributed by atoms with Crippen molar-refractivity contribution >= 4 is 11.5 Å². The van der Waals surface area contributed by atoms with E-state index in [-0.39, 0.29) is 6.10 Å². The maximum atomic E-state index is 9.66. The molecule has 2 rings (SSSR count). The van der Waals surface area contributed by atoms with Gasteiger partial charge in [0.05, 0.1) is 11.8 Å². The fourth-order valence-corrected chi connectivity index (χ4v) is 2.77. The maximum Gasteiger partial charge on any atom is 0.0893 e. The first-order chi connectivity index (χ1) is 7.86. The van der Waals surface area contributed by atoms with Crippen LogP contribution in [0.4, 0.5) is 0 Å². The lowest BCUT2D eigenvalue weighted by Gasteiger charge is -2.13. The number of rotatable bonds is 6. The highest BCUT2D eigenvalue weighted by Gasteiger charge is 2.24. The summed E-state index contributed by atoms with van der Waals surface area (Å²) in [5, 5.41) is 18.9. The van der Waals surface area contributed by atoms with Gasteiger partial charge in [0, 0.05) is 11.9 Å². The van der Waals surface area contributed by atoms with E-state index in [1.54, 1.807) is 0 Å². The Morgan fingerprint density at radius 3 is 3.12 bits per heavy atom. The second-order valence-corrected chi connectivity index (χ2v) is 5.08.